The van der Waals surface area contributed by atoms with Gasteiger partial charge in [0.05, 0.1) is 5.39 Å². The highest BCUT2D eigenvalue weighted by Gasteiger charge is 2.22. The Morgan fingerprint density at radius 2 is 2.23 bits per heavy atom. The molecule has 0 radical (unpaired) electrons. The molecular formula is C19H20FN3O2S. The van der Waals surface area contributed by atoms with Gasteiger partial charge < -0.3 is 15.2 Å². The van der Waals surface area contributed by atoms with Crippen molar-refractivity contribution in [1.29, 1.82) is 0 Å². The van der Waals surface area contributed by atoms with Gasteiger partial charge in [-0.1, -0.05) is 6.07 Å². The van der Waals surface area contributed by atoms with Crippen molar-refractivity contribution in [2.75, 3.05) is 18.5 Å². The van der Waals surface area contributed by atoms with E-state index in [1.807, 2.05) is 6.92 Å². The number of aliphatic hydroxyl groups excluding tert-OH is 1. The third kappa shape index (κ3) is 3.50. The second-order valence-electron chi connectivity index (χ2n) is 6.46. The molecule has 0 fully saturated rings. The SMILES string of the molecule is Cc1nc(NC[C@@H](O)COc2cccc(F)c2)c2c3c(sc2n1)CCC3. The van der Waals surface area contributed by atoms with Crippen LogP contribution in [0.3, 0.4) is 0 Å². The van der Waals surface area contributed by atoms with Crippen LogP contribution < -0.4 is 10.1 Å². The molecule has 26 heavy (non-hydrogen) atoms. The molecule has 5 nitrogen and oxygen atoms in total. The number of benzene rings is 1. The first-order valence-corrected chi connectivity index (χ1v) is 9.51. The smallest absolute Gasteiger partial charge is 0.138 e. The van der Waals surface area contributed by atoms with Crippen LogP contribution >= 0.6 is 11.3 Å². The van der Waals surface area contributed by atoms with Crippen molar-refractivity contribution in [3.63, 3.8) is 0 Å². The minimum Gasteiger partial charge on any atom is -0.491 e. The summed E-state index contributed by atoms with van der Waals surface area (Å²) in [6.45, 7) is 2.25. The van der Waals surface area contributed by atoms with Crippen LogP contribution in [0.15, 0.2) is 24.3 Å². The maximum atomic E-state index is 13.2. The van der Waals surface area contributed by atoms with E-state index < -0.39 is 6.10 Å². The fraction of sp³-hybridized carbons (Fsp3) is 0.368. The molecule has 136 valence electrons. The normalized spacial score (nSPS) is 14.4. The number of aryl methyl sites for hydroxylation is 3. The number of aliphatic hydroxyl groups is 1. The van der Waals surface area contributed by atoms with E-state index in [1.54, 1.807) is 23.5 Å². The summed E-state index contributed by atoms with van der Waals surface area (Å²) >= 11 is 1.74. The van der Waals surface area contributed by atoms with Crippen LogP contribution in [-0.4, -0.2) is 34.3 Å². The molecule has 0 unspecified atom stereocenters. The van der Waals surface area contributed by atoms with Crippen molar-refractivity contribution in [3.8, 4) is 5.75 Å². The molecule has 7 heteroatoms. The first kappa shape index (κ1) is 17.2. The average molecular weight is 373 g/mol. The minimum absolute atomic E-state index is 0.0748. The van der Waals surface area contributed by atoms with E-state index >= 15 is 0 Å². The van der Waals surface area contributed by atoms with Crippen LogP contribution in [0.1, 0.15) is 22.7 Å². The molecule has 0 spiro atoms. The molecule has 0 saturated carbocycles. The van der Waals surface area contributed by atoms with E-state index in [1.165, 1.54) is 29.0 Å². The highest BCUT2D eigenvalue weighted by molar-refractivity contribution is 7.19. The van der Waals surface area contributed by atoms with Crippen molar-refractivity contribution in [1.82, 2.24) is 9.97 Å². The maximum absolute atomic E-state index is 13.2. The van der Waals surface area contributed by atoms with Crippen LogP contribution in [0.2, 0.25) is 0 Å². The van der Waals surface area contributed by atoms with E-state index in [4.69, 9.17) is 4.74 Å². The van der Waals surface area contributed by atoms with E-state index in [2.05, 4.69) is 15.3 Å². The Balaban J connectivity index is 1.44. The zero-order valence-corrected chi connectivity index (χ0v) is 15.3. The van der Waals surface area contributed by atoms with Gasteiger partial charge in [-0.15, -0.1) is 11.3 Å². The summed E-state index contributed by atoms with van der Waals surface area (Å²) in [4.78, 5) is 11.5. The standard InChI is InChI=1S/C19H20FN3O2S/c1-11-22-18(17-15-6-3-7-16(15)26-19(17)23-11)21-9-13(24)10-25-14-5-2-4-12(20)8-14/h2,4-5,8,13,24H,3,6-7,9-10H2,1H3,(H,21,22,23)/t13-/m1/s1. The number of rotatable bonds is 6. The largest absolute Gasteiger partial charge is 0.491 e. The van der Waals surface area contributed by atoms with Crippen molar-refractivity contribution in [3.05, 3.63) is 46.3 Å². The second kappa shape index (κ2) is 7.17. The van der Waals surface area contributed by atoms with Gasteiger partial charge in [-0.2, -0.15) is 0 Å². The van der Waals surface area contributed by atoms with Gasteiger partial charge in [0.25, 0.3) is 0 Å². The maximum Gasteiger partial charge on any atom is 0.138 e. The summed E-state index contributed by atoms with van der Waals surface area (Å²) in [6, 6.07) is 5.89. The van der Waals surface area contributed by atoms with Gasteiger partial charge in [-0.25, -0.2) is 14.4 Å². The summed E-state index contributed by atoms with van der Waals surface area (Å²) in [7, 11) is 0. The highest BCUT2D eigenvalue weighted by Crippen LogP contribution is 2.39. The van der Waals surface area contributed by atoms with Gasteiger partial charge in [0, 0.05) is 17.5 Å². The second-order valence-corrected chi connectivity index (χ2v) is 7.54. The van der Waals surface area contributed by atoms with E-state index in [-0.39, 0.29) is 12.4 Å². The number of ether oxygens (including phenoxy) is 1. The molecular weight excluding hydrogens is 353 g/mol. The Morgan fingerprint density at radius 3 is 3.08 bits per heavy atom. The van der Waals surface area contributed by atoms with Gasteiger partial charge in [-0.05, 0) is 43.9 Å². The first-order valence-electron chi connectivity index (χ1n) is 8.69. The van der Waals surface area contributed by atoms with Crippen LogP contribution in [0, 0.1) is 12.7 Å². The Kier molecular flexibility index (Phi) is 4.74. The molecule has 0 saturated heterocycles. The van der Waals surface area contributed by atoms with Crippen LogP contribution in [-0.2, 0) is 12.8 Å². The number of fused-ring (bicyclic) bond motifs is 3. The molecule has 0 amide bonds. The number of anilines is 1. The molecule has 1 aliphatic rings. The molecule has 2 aromatic heterocycles. The topological polar surface area (TPSA) is 67.3 Å². The molecule has 3 aromatic rings. The van der Waals surface area contributed by atoms with Crippen molar-refractivity contribution < 1.29 is 14.2 Å². The number of nitrogens with zero attached hydrogens (tertiary/aromatic N) is 2. The van der Waals surface area contributed by atoms with E-state index in [9.17, 15) is 9.50 Å². The zero-order valence-electron chi connectivity index (χ0n) is 14.5. The molecule has 0 aliphatic heterocycles. The fourth-order valence-electron chi connectivity index (χ4n) is 3.25. The number of thiophene rings is 1. The lowest BCUT2D eigenvalue weighted by Gasteiger charge is -2.15. The van der Waals surface area contributed by atoms with Crippen molar-refractivity contribution in [2.45, 2.75) is 32.3 Å². The number of hydrogen-bond donors (Lipinski definition) is 2. The third-order valence-electron chi connectivity index (χ3n) is 4.42. The molecule has 0 bridgehead atoms. The Labute approximate surface area is 154 Å². The number of hydrogen-bond acceptors (Lipinski definition) is 6. The van der Waals surface area contributed by atoms with Gasteiger partial charge in [0.15, 0.2) is 0 Å². The summed E-state index contributed by atoms with van der Waals surface area (Å²) in [6.07, 6.45) is 2.60. The lowest BCUT2D eigenvalue weighted by atomic mass is 10.2. The monoisotopic (exact) mass is 373 g/mol. The predicted octanol–water partition coefficient (Wildman–Crippen LogP) is 3.48. The Bertz CT molecular complexity index is 944. The minimum atomic E-state index is -0.740. The third-order valence-corrected chi connectivity index (χ3v) is 5.61. The zero-order chi connectivity index (χ0) is 18.1. The number of aromatic nitrogens is 2. The van der Waals surface area contributed by atoms with E-state index in [0.717, 1.165) is 28.9 Å². The number of halogens is 1. The van der Waals surface area contributed by atoms with Crippen LogP contribution in [0.5, 0.6) is 5.75 Å². The number of nitrogens with one attached hydrogen (secondary N) is 1. The lowest BCUT2D eigenvalue weighted by Crippen LogP contribution is -2.26. The quantitative estimate of drug-likeness (QED) is 0.692. The molecule has 2 N–H and O–H groups in total. The van der Waals surface area contributed by atoms with Gasteiger partial charge in [-0.3, -0.25) is 0 Å². The van der Waals surface area contributed by atoms with Gasteiger partial charge in [0.1, 0.15) is 40.8 Å². The van der Waals surface area contributed by atoms with E-state index in [0.29, 0.717) is 18.1 Å². The van der Waals surface area contributed by atoms with Gasteiger partial charge >= 0.3 is 0 Å². The molecule has 1 aromatic carbocycles. The molecule has 2 heterocycles. The summed E-state index contributed by atoms with van der Waals surface area (Å²) in [5, 5.41) is 14.5. The summed E-state index contributed by atoms with van der Waals surface area (Å²) in [5.41, 5.74) is 1.35. The van der Waals surface area contributed by atoms with Crippen molar-refractivity contribution >= 4 is 27.4 Å². The predicted molar refractivity (Wildman–Crippen MR) is 101 cm³/mol. The highest BCUT2D eigenvalue weighted by atomic mass is 32.1. The Hall–Kier alpha value is -2.25. The molecule has 4 rings (SSSR count). The lowest BCUT2D eigenvalue weighted by molar-refractivity contribution is 0.117. The van der Waals surface area contributed by atoms with Gasteiger partial charge in [0.2, 0.25) is 0 Å². The molecule has 1 atom stereocenters. The fourth-order valence-corrected chi connectivity index (χ4v) is 4.56. The average Bonchev–Trinajstić information content (AvgIpc) is 3.18. The molecule has 1 aliphatic carbocycles. The first-order chi connectivity index (χ1) is 12.6. The van der Waals surface area contributed by atoms with Crippen LogP contribution in [0.4, 0.5) is 10.2 Å². The van der Waals surface area contributed by atoms with Crippen molar-refractivity contribution in [2.24, 2.45) is 0 Å². The Morgan fingerprint density at radius 1 is 1.35 bits per heavy atom. The van der Waals surface area contributed by atoms with Crippen LogP contribution in [0.25, 0.3) is 10.2 Å². The summed E-state index contributed by atoms with van der Waals surface area (Å²) < 4.78 is 18.6. The summed E-state index contributed by atoms with van der Waals surface area (Å²) in [5.74, 6) is 1.53.